The molecule has 0 radical (unpaired) electrons. The zero-order valence-electron chi connectivity index (χ0n) is 15.5. The van der Waals surface area contributed by atoms with E-state index < -0.39 is 0 Å². The van der Waals surface area contributed by atoms with Crippen molar-refractivity contribution in [3.05, 3.63) is 72.2 Å². The van der Waals surface area contributed by atoms with Gasteiger partial charge in [-0.05, 0) is 23.3 Å². The molecule has 0 spiro atoms. The molecule has 142 valence electrons. The molecule has 4 aromatic rings. The summed E-state index contributed by atoms with van der Waals surface area (Å²) in [6.45, 7) is 0.0679. The first-order valence-corrected chi connectivity index (χ1v) is 9.02. The molecule has 8 heteroatoms. The summed E-state index contributed by atoms with van der Waals surface area (Å²) in [6, 6.07) is 18.0. The zero-order chi connectivity index (χ0) is 20.1. The minimum absolute atomic E-state index is 0.0679. The van der Waals surface area contributed by atoms with E-state index in [4.69, 9.17) is 15.1 Å². The van der Waals surface area contributed by atoms with Gasteiger partial charge in [-0.2, -0.15) is 5.26 Å². The second-order valence-electron chi connectivity index (χ2n) is 6.36. The number of hydrogen-bond acceptors (Lipinski definition) is 7. The molecule has 0 aliphatic heterocycles. The van der Waals surface area contributed by atoms with Gasteiger partial charge in [0.05, 0.1) is 35.6 Å². The Labute approximate surface area is 166 Å². The van der Waals surface area contributed by atoms with Crippen molar-refractivity contribution in [1.82, 2.24) is 25.5 Å². The molecule has 0 saturated carbocycles. The highest BCUT2D eigenvalue weighted by Gasteiger charge is 2.11. The average molecular weight is 383 g/mol. The minimum atomic E-state index is 0.0679. The fraction of sp³-hybridized carbons (Fsp3) is 0.143. The summed E-state index contributed by atoms with van der Waals surface area (Å²) >= 11 is 0. The third-order valence-corrected chi connectivity index (χ3v) is 4.25. The van der Waals surface area contributed by atoms with Crippen LogP contribution in [0, 0.1) is 16.7 Å². The van der Waals surface area contributed by atoms with Gasteiger partial charge in [-0.15, -0.1) is 10.2 Å². The van der Waals surface area contributed by atoms with E-state index in [2.05, 4.69) is 37.6 Å². The van der Waals surface area contributed by atoms with Crippen LogP contribution in [0.5, 0.6) is 0 Å². The molecule has 0 fully saturated rings. The molecule has 2 N–H and O–H groups in total. The molecule has 0 aliphatic rings. The summed E-state index contributed by atoms with van der Waals surface area (Å²) < 4.78 is 5.57. The number of nitrogens with one attached hydrogen (secondary N) is 2. The Morgan fingerprint density at radius 3 is 2.69 bits per heavy atom. The number of benzene rings is 2. The maximum Gasteiger partial charge on any atom is 0.224 e. The van der Waals surface area contributed by atoms with E-state index in [1.54, 1.807) is 6.20 Å². The first-order chi connectivity index (χ1) is 14.2. The smallest absolute Gasteiger partial charge is 0.224 e. The van der Waals surface area contributed by atoms with E-state index in [1.807, 2.05) is 42.5 Å². The Morgan fingerprint density at radius 1 is 1.03 bits per heavy atom. The molecular weight excluding hydrogens is 366 g/mol. The molecule has 0 amide bonds. The molecule has 0 aliphatic carbocycles. The monoisotopic (exact) mass is 383 g/mol. The summed E-state index contributed by atoms with van der Waals surface area (Å²) in [5.74, 6) is 0.876. The number of aromatic nitrogens is 4. The number of fused-ring (bicyclic) bond motifs is 1. The van der Waals surface area contributed by atoms with Gasteiger partial charge in [0.15, 0.2) is 0 Å². The minimum Gasteiger partial charge on any atom is -0.424 e. The van der Waals surface area contributed by atoms with Gasteiger partial charge in [0.25, 0.3) is 0 Å². The Hall–Kier alpha value is -4.12. The van der Waals surface area contributed by atoms with Crippen LogP contribution in [0.15, 0.2) is 59.1 Å². The van der Waals surface area contributed by atoms with Gasteiger partial charge < -0.3 is 9.73 Å². The van der Waals surface area contributed by atoms with Crippen molar-refractivity contribution >= 4 is 16.9 Å². The molecule has 4 rings (SSSR count). The molecule has 8 nitrogen and oxygen atoms in total. The predicted molar refractivity (Wildman–Crippen MR) is 107 cm³/mol. The standard InChI is InChI=1S/C21H17N7O/c22-8-9-24-19(23)12-21-28-27-20(29-21)11-16-13-25-18-10-15(6-7-17(18)26-16)14-4-2-1-3-5-14/h1-7,10,13H,9,11-12H2,(H2,23,24). The quantitative estimate of drug-likeness (QED) is 0.298. The van der Waals surface area contributed by atoms with E-state index in [1.165, 1.54) is 0 Å². The lowest BCUT2D eigenvalue weighted by Gasteiger charge is -2.04. The topological polar surface area (TPSA) is 124 Å². The Bertz CT molecular complexity index is 1190. The fourth-order valence-corrected chi connectivity index (χ4v) is 2.89. The molecule has 0 atom stereocenters. The van der Waals surface area contributed by atoms with Gasteiger partial charge in [0, 0.05) is 6.20 Å². The Balaban J connectivity index is 1.48. The van der Waals surface area contributed by atoms with Gasteiger partial charge in [0.2, 0.25) is 11.8 Å². The van der Waals surface area contributed by atoms with Gasteiger partial charge in [-0.3, -0.25) is 10.4 Å². The van der Waals surface area contributed by atoms with Crippen LogP contribution in [0.25, 0.3) is 22.2 Å². The summed E-state index contributed by atoms with van der Waals surface area (Å²) in [6.07, 6.45) is 2.22. The molecule has 29 heavy (non-hydrogen) atoms. The van der Waals surface area contributed by atoms with Gasteiger partial charge >= 0.3 is 0 Å². The van der Waals surface area contributed by atoms with Gasteiger partial charge in [-0.25, -0.2) is 4.98 Å². The first kappa shape index (κ1) is 18.3. The van der Waals surface area contributed by atoms with Crippen molar-refractivity contribution in [2.24, 2.45) is 0 Å². The van der Waals surface area contributed by atoms with Crippen molar-refractivity contribution in [3.8, 4) is 17.2 Å². The number of amidine groups is 1. The second kappa shape index (κ2) is 8.27. The third kappa shape index (κ3) is 4.42. The maximum absolute atomic E-state index is 8.52. The normalized spacial score (nSPS) is 10.6. The molecule has 2 aromatic carbocycles. The number of nitriles is 1. The van der Waals surface area contributed by atoms with Crippen molar-refractivity contribution < 1.29 is 4.42 Å². The molecule has 0 bridgehead atoms. The maximum atomic E-state index is 8.52. The SMILES string of the molecule is N#CCNC(=N)Cc1nnc(Cc2cnc3cc(-c4ccccc4)ccc3n2)o1. The van der Waals surface area contributed by atoms with E-state index in [9.17, 15) is 0 Å². The molecule has 2 aromatic heterocycles. The molecular formula is C21H17N7O. The zero-order valence-corrected chi connectivity index (χ0v) is 15.5. The van der Waals surface area contributed by atoms with Crippen LogP contribution in [0.2, 0.25) is 0 Å². The highest BCUT2D eigenvalue weighted by molar-refractivity contribution is 5.81. The van der Waals surface area contributed by atoms with Crippen LogP contribution < -0.4 is 5.32 Å². The van der Waals surface area contributed by atoms with Crippen LogP contribution in [0.4, 0.5) is 0 Å². The molecule has 0 saturated heterocycles. The summed E-state index contributed by atoms with van der Waals surface area (Å²) in [5.41, 5.74) is 4.56. The average Bonchev–Trinajstić information content (AvgIpc) is 3.19. The lowest BCUT2D eigenvalue weighted by Crippen LogP contribution is -2.24. The fourth-order valence-electron chi connectivity index (χ4n) is 2.89. The van der Waals surface area contributed by atoms with Crippen molar-refractivity contribution in [3.63, 3.8) is 0 Å². The lowest BCUT2D eigenvalue weighted by atomic mass is 10.1. The highest BCUT2D eigenvalue weighted by atomic mass is 16.4. The van der Waals surface area contributed by atoms with E-state index in [0.717, 1.165) is 27.9 Å². The largest absolute Gasteiger partial charge is 0.424 e. The van der Waals surface area contributed by atoms with Crippen LogP contribution >= 0.6 is 0 Å². The van der Waals surface area contributed by atoms with E-state index in [-0.39, 0.29) is 18.8 Å². The summed E-state index contributed by atoms with van der Waals surface area (Å²) in [4.78, 5) is 9.16. The number of nitrogens with zero attached hydrogens (tertiary/aromatic N) is 5. The molecule has 0 unspecified atom stereocenters. The molecule has 2 heterocycles. The van der Waals surface area contributed by atoms with Crippen molar-refractivity contribution in [2.45, 2.75) is 12.8 Å². The third-order valence-electron chi connectivity index (χ3n) is 4.25. The van der Waals surface area contributed by atoms with Crippen LogP contribution in [-0.4, -0.2) is 32.5 Å². The van der Waals surface area contributed by atoms with Crippen molar-refractivity contribution in [1.29, 1.82) is 10.7 Å². The van der Waals surface area contributed by atoms with Gasteiger partial charge in [-0.1, -0.05) is 36.4 Å². The van der Waals surface area contributed by atoms with Crippen LogP contribution in [0.1, 0.15) is 17.5 Å². The van der Waals surface area contributed by atoms with E-state index >= 15 is 0 Å². The number of hydrogen-bond donors (Lipinski definition) is 2. The van der Waals surface area contributed by atoms with Crippen molar-refractivity contribution in [2.75, 3.05) is 6.54 Å². The van der Waals surface area contributed by atoms with E-state index in [0.29, 0.717) is 18.2 Å². The lowest BCUT2D eigenvalue weighted by molar-refractivity contribution is 0.468. The predicted octanol–water partition coefficient (Wildman–Crippen LogP) is 2.90. The number of rotatable bonds is 6. The Kier molecular flexibility index (Phi) is 5.21. The summed E-state index contributed by atoms with van der Waals surface area (Å²) in [7, 11) is 0. The summed E-state index contributed by atoms with van der Waals surface area (Å²) in [5, 5.41) is 26.8. The Morgan fingerprint density at radius 2 is 1.86 bits per heavy atom. The van der Waals surface area contributed by atoms with Gasteiger partial charge in [0.1, 0.15) is 12.4 Å². The second-order valence-corrected chi connectivity index (χ2v) is 6.36. The van der Waals surface area contributed by atoms with Crippen LogP contribution in [0.3, 0.4) is 0 Å². The first-order valence-electron chi connectivity index (χ1n) is 9.02. The highest BCUT2D eigenvalue weighted by Crippen LogP contribution is 2.22. The van der Waals surface area contributed by atoms with Crippen LogP contribution in [-0.2, 0) is 12.8 Å².